The van der Waals surface area contributed by atoms with Gasteiger partial charge in [0.25, 0.3) is 0 Å². The van der Waals surface area contributed by atoms with Crippen LogP contribution in [-0.2, 0) is 11.3 Å². The molecule has 0 amide bonds. The third-order valence-electron chi connectivity index (χ3n) is 3.39. The number of aryl methyl sites for hydroxylation is 1. The highest BCUT2D eigenvalue weighted by Gasteiger charge is 2.22. The van der Waals surface area contributed by atoms with Crippen molar-refractivity contribution < 1.29 is 4.74 Å². The topological polar surface area (TPSA) is 51.4 Å². The number of pyridine rings is 1. The number of rotatable bonds is 3. The average Bonchev–Trinajstić information content (AvgIpc) is 2.38. The van der Waals surface area contributed by atoms with E-state index in [1.165, 1.54) is 0 Å². The van der Waals surface area contributed by atoms with E-state index in [9.17, 15) is 0 Å². The van der Waals surface area contributed by atoms with Gasteiger partial charge >= 0.3 is 0 Å². The number of hydrogen-bond donors (Lipinski definition) is 1. The van der Waals surface area contributed by atoms with Crippen LogP contribution in [-0.4, -0.2) is 30.8 Å². The fraction of sp³-hybridized carbons (Fsp3) is 0.615. The molecule has 94 valence electrons. The van der Waals surface area contributed by atoms with Crippen molar-refractivity contribution in [2.45, 2.75) is 32.9 Å². The maximum absolute atomic E-state index is 5.66. The molecule has 2 N–H and O–H groups in total. The Morgan fingerprint density at radius 2 is 2.35 bits per heavy atom. The first-order chi connectivity index (χ1) is 8.26. The van der Waals surface area contributed by atoms with Crippen molar-refractivity contribution in [3.8, 4) is 0 Å². The molecule has 2 heterocycles. The number of morpholine rings is 1. The minimum Gasteiger partial charge on any atom is -0.377 e. The SMILES string of the molecule is CCC1COCCN1c1ccc(CN)c(C)n1. The Kier molecular flexibility index (Phi) is 3.97. The molecule has 4 nitrogen and oxygen atoms in total. The molecular weight excluding hydrogens is 214 g/mol. The lowest BCUT2D eigenvalue weighted by Crippen LogP contribution is -2.45. The minimum atomic E-state index is 0.444. The summed E-state index contributed by atoms with van der Waals surface area (Å²) in [5.74, 6) is 1.05. The van der Waals surface area contributed by atoms with E-state index in [4.69, 9.17) is 10.5 Å². The minimum absolute atomic E-state index is 0.444. The first-order valence-corrected chi connectivity index (χ1v) is 6.27. The molecule has 1 fully saturated rings. The van der Waals surface area contributed by atoms with Crippen LogP contribution in [0.5, 0.6) is 0 Å². The van der Waals surface area contributed by atoms with E-state index in [0.29, 0.717) is 12.6 Å². The van der Waals surface area contributed by atoms with Crippen LogP contribution in [0.2, 0.25) is 0 Å². The van der Waals surface area contributed by atoms with Crippen LogP contribution in [0.15, 0.2) is 12.1 Å². The Morgan fingerprint density at radius 1 is 1.53 bits per heavy atom. The third kappa shape index (κ3) is 2.58. The number of nitrogens with two attached hydrogens (primary N) is 1. The van der Waals surface area contributed by atoms with Crippen LogP contribution in [0.3, 0.4) is 0 Å². The summed E-state index contributed by atoms with van der Waals surface area (Å²) in [6, 6.07) is 4.60. The standard InChI is InChI=1S/C13H21N3O/c1-3-12-9-17-7-6-16(12)13-5-4-11(8-14)10(2)15-13/h4-5,12H,3,6-9,14H2,1-2H3. The molecular formula is C13H21N3O. The van der Waals surface area contributed by atoms with E-state index in [2.05, 4.69) is 28.9 Å². The van der Waals surface area contributed by atoms with E-state index >= 15 is 0 Å². The monoisotopic (exact) mass is 235 g/mol. The Labute approximate surface area is 103 Å². The summed E-state index contributed by atoms with van der Waals surface area (Å²) in [5.41, 5.74) is 7.81. The summed E-state index contributed by atoms with van der Waals surface area (Å²) >= 11 is 0. The number of aromatic nitrogens is 1. The summed E-state index contributed by atoms with van der Waals surface area (Å²) in [4.78, 5) is 7.00. The van der Waals surface area contributed by atoms with Gasteiger partial charge in [-0.2, -0.15) is 0 Å². The van der Waals surface area contributed by atoms with Crippen molar-refractivity contribution in [3.63, 3.8) is 0 Å². The van der Waals surface area contributed by atoms with Crippen molar-refractivity contribution in [1.29, 1.82) is 0 Å². The van der Waals surface area contributed by atoms with Gasteiger partial charge in [0.2, 0.25) is 0 Å². The summed E-state index contributed by atoms with van der Waals surface area (Å²) in [7, 11) is 0. The van der Waals surface area contributed by atoms with Crippen molar-refractivity contribution in [3.05, 3.63) is 23.4 Å². The smallest absolute Gasteiger partial charge is 0.129 e. The number of ether oxygens (including phenoxy) is 1. The van der Waals surface area contributed by atoms with Crippen LogP contribution in [0.4, 0.5) is 5.82 Å². The molecule has 1 aliphatic heterocycles. The van der Waals surface area contributed by atoms with Gasteiger partial charge in [-0.15, -0.1) is 0 Å². The lowest BCUT2D eigenvalue weighted by Gasteiger charge is -2.36. The molecule has 1 aromatic heterocycles. The normalized spacial score (nSPS) is 20.6. The van der Waals surface area contributed by atoms with Gasteiger partial charge in [0.1, 0.15) is 5.82 Å². The molecule has 1 atom stereocenters. The maximum Gasteiger partial charge on any atom is 0.129 e. The van der Waals surface area contributed by atoms with Gasteiger partial charge in [0.05, 0.1) is 19.3 Å². The molecule has 17 heavy (non-hydrogen) atoms. The van der Waals surface area contributed by atoms with Gasteiger partial charge in [-0.3, -0.25) is 0 Å². The van der Waals surface area contributed by atoms with E-state index in [1.807, 2.05) is 6.92 Å². The van der Waals surface area contributed by atoms with Gasteiger partial charge in [-0.1, -0.05) is 13.0 Å². The van der Waals surface area contributed by atoms with E-state index in [-0.39, 0.29) is 0 Å². The second-order valence-corrected chi connectivity index (χ2v) is 4.45. The van der Waals surface area contributed by atoms with Gasteiger partial charge in [-0.25, -0.2) is 4.98 Å². The molecule has 1 aliphatic rings. The summed E-state index contributed by atoms with van der Waals surface area (Å²) in [5, 5.41) is 0. The quantitative estimate of drug-likeness (QED) is 0.862. The molecule has 0 spiro atoms. The zero-order valence-corrected chi connectivity index (χ0v) is 10.6. The molecule has 4 heteroatoms. The fourth-order valence-electron chi connectivity index (χ4n) is 2.25. The Morgan fingerprint density at radius 3 is 3.00 bits per heavy atom. The first-order valence-electron chi connectivity index (χ1n) is 6.27. The summed E-state index contributed by atoms with van der Waals surface area (Å²) in [6.07, 6.45) is 1.08. The molecule has 0 aromatic carbocycles. The molecule has 0 bridgehead atoms. The van der Waals surface area contributed by atoms with E-state index < -0.39 is 0 Å². The van der Waals surface area contributed by atoms with Crippen LogP contribution in [0, 0.1) is 6.92 Å². The highest BCUT2D eigenvalue weighted by Crippen LogP contribution is 2.20. The molecule has 1 aromatic rings. The number of anilines is 1. The second kappa shape index (κ2) is 5.47. The van der Waals surface area contributed by atoms with Crippen molar-refractivity contribution in [2.24, 2.45) is 5.73 Å². The molecule has 0 saturated carbocycles. The third-order valence-corrected chi connectivity index (χ3v) is 3.39. The lowest BCUT2D eigenvalue weighted by atomic mass is 10.1. The van der Waals surface area contributed by atoms with Crippen LogP contribution in [0.1, 0.15) is 24.6 Å². The predicted molar refractivity (Wildman–Crippen MR) is 69.1 cm³/mol. The zero-order chi connectivity index (χ0) is 12.3. The van der Waals surface area contributed by atoms with Gasteiger partial charge in [-0.05, 0) is 25.0 Å². The Bertz CT molecular complexity index is 381. The summed E-state index contributed by atoms with van der Waals surface area (Å²) in [6.45, 7) is 7.28. The first kappa shape index (κ1) is 12.3. The van der Waals surface area contributed by atoms with Gasteiger partial charge in [0.15, 0.2) is 0 Å². The van der Waals surface area contributed by atoms with Gasteiger partial charge < -0.3 is 15.4 Å². The van der Waals surface area contributed by atoms with Crippen LogP contribution in [0.25, 0.3) is 0 Å². The highest BCUT2D eigenvalue weighted by atomic mass is 16.5. The Balaban J connectivity index is 2.23. The zero-order valence-electron chi connectivity index (χ0n) is 10.6. The van der Waals surface area contributed by atoms with E-state index in [1.54, 1.807) is 0 Å². The highest BCUT2D eigenvalue weighted by molar-refractivity contribution is 5.43. The van der Waals surface area contributed by atoms with Crippen LogP contribution < -0.4 is 10.6 Å². The average molecular weight is 235 g/mol. The van der Waals surface area contributed by atoms with E-state index in [0.717, 1.165) is 43.3 Å². The predicted octanol–water partition coefficient (Wildman–Crippen LogP) is 1.46. The Hall–Kier alpha value is -1.13. The lowest BCUT2D eigenvalue weighted by molar-refractivity contribution is 0.0925. The summed E-state index contributed by atoms with van der Waals surface area (Å²) < 4.78 is 5.51. The van der Waals surface area contributed by atoms with Crippen molar-refractivity contribution >= 4 is 5.82 Å². The molecule has 2 rings (SSSR count). The molecule has 0 radical (unpaired) electrons. The van der Waals surface area contributed by atoms with Crippen molar-refractivity contribution in [1.82, 2.24) is 4.98 Å². The van der Waals surface area contributed by atoms with Gasteiger partial charge in [0, 0.05) is 18.8 Å². The second-order valence-electron chi connectivity index (χ2n) is 4.45. The molecule has 0 aliphatic carbocycles. The van der Waals surface area contributed by atoms with Crippen molar-refractivity contribution in [2.75, 3.05) is 24.7 Å². The molecule has 1 unspecified atom stereocenters. The number of hydrogen-bond acceptors (Lipinski definition) is 4. The largest absolute Gasteiger partial charge is 0.377 e. The maximum atomic E-state index is 5.66. The fourth-order valence-corrected chi connectivity index (χ4v) is 2.25. The number of nitrogens with zero attached hydrogens (tertiary/aromatic N) is 2. The molecule has 1 saturated heterocycles. The van der Waals surface area contributed by atoms with Crippen LogP contribution >= 0.6 is 0 Å².